The first kappa shape index (κ1) is 13.9. The number of hydrogen-bond acceptors (Lipinski definition) is 3. The molecule has 0 aromatic heterocycles. The summed E-state index contributed by atoms with van der Waals surface area (Å²) in [7, 11) is 2.25. The van der Waals surface area contributed by atoms with Gasteiger partial charge < -0.3 is 15.3 Å². The van der Waals surface area contributed by atoms with Crippen molar-refractivity contribution in [3.8, 4) is 0 Å². The van der Waals surface area contributed by atoms with Crippen LogP contribution in [-0.2, 0) is 0 Å². The lowest BCUT2D eigenvalue weighted by Crippen LogP contribution is -2.38. The number of piperidine rings is 1. The van der Waals surface area contributed by atoms with Crippen LogP contribution in [0.3, 0.4) is 0 Å². The van der Waals surface area contributed by atoms with Crippen molar-refractivity contribution >= 4 is 0 Å². The van der Waals surface area contributed by atoms with Gasteiger partial charge in [-0.1, -0.05) is 13.3 Å². The van der Waals surface area contributed by atoms with Crippen molar-refractivity contribution in [3.05, 3.63) is 0 Å². The lowest BCUT2D eigenvalue weighted by molar-refractivity contribution is 0.175. The van der Waals surface area contributed by atoms with Crippen LogP contribution < -0.4 is 5.32 Å². The molecule has 1 aliphatic rings. The minimum Gasteiger partial charge on any atom is -0.396 e. The summed E-state index contributed by atoms with van der Waals surface area (Å²) in [4.78, 5) is 2.50. The Bertz CT molecular complexity index is 175. The van der Waals surface area contributed by atoms with Crippen molar-refractivity contribution in [1.82, 2.24) is 10.2 Å². The van der Waals surface area contributed by atoms with Gasteiger partial charge in [0.1, 0.15) is 0 Å². The molecule has 0 spiro atoms. The summed E-state index contributed by atoms with van der Waals surface area (Å²) in [5.41, 5.74) is 0. The molecule has 2 atom stereocenters. The minimum atomic E-state index is 0.314. The monoisotopic (exact) mass is 228 g/mol. The molecule has 0 amide bonds. The first-order chi connectivity index (χ1) is 7.74. The highest BCUT2D eigenvalue weighted by Gasteiger charge is 2.17. The third-order valence-corrected chi connectivity index (χ3v) is 3.69. The Morgan fingerprint density at radius 2 is 2.25 bits per heavy atom. The Balaban J connectivity index is 2.01. The molecule has 0 aromatic rings. The predicted octanol–water partition coefficient (Wildman–Crippen LogP) is 1.47. The van der Waals surface area contributed by atoms with Gasteiger partial charge in [0.25, 0.3) is 0 Å². The van der Waals surface area contributed by atoms with Gasteiger partial charge in [0.15, 0.2) is 0 Å². The zero-order chi connectivity index (χ0) is 11.8. The van der Waals surface area contributed by atoms with Crippen LogP contribution in [0.25, 0.3) is 0 Å². The molecule has 3 nitrogen and oxygen atoms in total. The third-order valence-electron chi connectivity index (χ3n) is 3.69. The molecule has 1 aliphatic heterocycles. The maximum Gasteiger partial charge on any atom is 0.0434 e. The van der Waals surface area contributed by atoms with E-state index in [9.17, 15) is 0 Å². The highest BCUT2D eigenvalue weighted by Crippen LogP contribution is 2.17. The maximum atomic E-state index is 8.80. The summed E-state index contributed by atoms with van der Waals surface area (Å²) in [6, 6.07) is 0.786. The summed E-state index contributed by atoms with van der Waals surface area (Å²) in [5, 5.41) is 12.3. The average Bonchev–Trinajstić information content (AvgIpc) is 2.27. The van der Waals surface area contributed by atoms with E-state index in [0.717, 1.165) is 25.6 Å². The van der Waals surface area contributed by atoms with E-state index in [1.165, 1.54) is 32.2 Å². The Morgan fingerprint density at radius 3 is 2.94 bits per heavy atom. The van der Waals surface area contributed by atoms with E-state index in [1.807, 2.05) is 0 Å². The first-order valence-electron chi connectivity index (χ1n) is 6.76. The van der Waals surface area contributed by atoms with E-state index < -0.39 is 0 Å². The average molecular weight is 228 g/mol. The van der Waals surface area contributed by atoms with E-state index in [0.29, 0.717) is 12.5 Å². The molecule has 1 heterocycles. The normalized spacial score (nSPS) is 24.6. The van der Waals surface area contributed by atoms with Gasteiger partial charge in [-0.3, -0.25) is 0 Å². The van der Waals surface area contributed by atoms with Crippen LogP contribution in [0, 0.1) is 5.92 Å². The molecule has 16 heavy (non-hydrogen) atoms. The van der Waals surface area contributed by atoms with E-state index in [-0.39, 0.29) is 0 Å². The standard InChI is InChI=1S/C13H28N2O/c1-12(7-10-16)11-14-8-6-13-5-3-4-9-15(13)2/h12-14,16H,3-11H2,1-2H3. The van der Waals surface area contributed by atoms with Crippen LogP contribution in [0.2, 0.25) is 0 Å². The molecule has 0 radical (unpaired) electrons. The number of nitrogens with zero attached hydrogens (tertiary/aromatic N) is 1. The molecule has 0 bridgehead atoms. The number of aliphatic hydroxyl groups is 1. The van der Waals surface area contributed by atoms with E-state index in [2.05, 4.69) is 24.2 Å². The summed E-state index contributed by atoms with van der Waals surface area (Å²) in [6.07, 6.45) is 6.31. The molecular formula is C13H28N2O. The largest absolute Gasteiger partial charge is 0.396 e. The van der Waals surface area contributed by atoms with Crippen LogP contribution in [-0.4, -0.2) is 49.3 Å². The fraction of sp³-hybridized carbons (Fsp3) is 1.00. The van der Waals surface area contributed by atoms with Gasteiger partial charge in [-0.05, 0) is 58.3 Å². The second-order valence-electron chi connectivity index (χ2n) is 5.24. The van der Waals surface area contributed by atoms with Crippen molar-refractivity contribution in [2.24, 2.45) is 5.92 Å². The fourth-order valence-corrected chi connectivity index (χ4v) is 2.45. The van der Waals surface area contributed by atoms with Crippen LogP contribution in [0.4, 0.5) is 0 Å². The molecule has 1 rings (SSSR count). The molecule has 0 aromatic carbocycles. The van der Waals surface area contributed by atoms with Gasteiger partial charge >= 0.3 is 0 Å². The van der Waals surface area contributed by atoms with Gasteiger partial charge in [0.2, 0.25) is 0 Å². The third kappa shape index (κ3) is 5.28. The highest BCUT2D eigenvalue weighted by atomic mass is 16.3. The van der Waals surface area contributed by atoms with Crippen LogP contribution >= 0.6 is 0 Å². The molecular weight excluding hydrogens is 200 g/mol. The number of rotatable bonds is 7. The smallest absolute Gasteiger partial charge is 0.0434 e. The Hall–Kier alpha value is -0.120. The molecule has 3 heteroatoms. The van der Waals surface area contributed by atoms with E-state index >= 15 is 0 Å². The van der Waals surface area contributed by atoms with Gasteiger partial charge in [-0.15, -0.1) is 0 Å². The van der Waals surface area contributed by atoms with Crippen molar-refractivity contribution in [3.63, 3.8) is 0 Å². The topological polar surface area (TPSA) is 35.5 Å². The number of hydrogen-bond donors (Lipinski definition) is 2. The SMILES string of the molecule is CC(CCO)CNCCC1CCCCN1C. The Labute approximate surface area is 100 Å². The van der Waals surface area contributed by atoms with Crippen LogP contribution in [0.1, 0.15) is 39.0 Å². The van der Waals surface area contributed by atoms with E-state index in [4.69, 9.17) is 5.11 Å². The number of likely N-dealkylation sites (tertiary alicyclic amines) is 1. The van der Waals surface area contributed by atoms with Crippen LogP contribution in [0.15, 0.2) is 0 Å². The second kappa shape index (κ2) is 8.04. The molecule has 1 fully saturated rings. The Morgan fingerprint density at radius 1 is 1.44 bits per heavy atom. The van der Waals surface area contributed by atoms with Crippen molar-refractivity contribution in [2.75, 3.05) is 33.3 Å². The number of nitrogens with one attached hydrogen (secondary N) is 1. The molecule has 96 valence electrons. The van der Waals surface area contributed by atoms with Crippen molar-refractivity contribution in [1.29, 1.82) is 0 Å². The van der Waals surface area contributed by atoms with Gasteiger partial charge in [0.05, 0.1) is 0 Å². The first-order valence-corrected chi connectivity index (χ1v) is 6.76. The lowest BCUT2D eigenvalue weighted by Gasteiger charge is -2.32. The quantitative estimate of drug-likeness (QED) is 0.648. The molecule has 2 N–H and O–H groups in total. The molecule has 1 saturated heterocycles. The number of aliphatic hydroxyl groups excluding tert-OH is 1. The zero-order valence-corrected chi connectivity index (χ0v) is 10.9. The van der Waals surface area contributed by atoms with Gasteiger partial charge in [0, 0.05) is 12.6 Å². The van der Waals surface area contributed by atoms with Crippen LogP contribution in [0.5, 0.6) is 0 Å². The fourth-order valence-electron chi connectivity index (χ4n) is 2.45. The molecule has 0 saturated carbocycles. The predicted molar refractivity (Wildman–Crippen MR) is 68.6 cm³/mol. The summed E-state index contributed by atoms with van der Waals surface area (Å²) < 4.78 is 0. The zero-order valence-electron chi connectivity index (χ0n) is 10.9. The lowest BCUT2D eigenvalue weighted by atomic mass is 10.00. The highest BCUT2D eigenvalue weighted by molar-refractivity contribution is 4.74. The minimum absolute atomic E-state index is 0.314. The summed E-state index contributed by atoms with van der Waals surface area (Å²) >= 11 is 0. The van der Waals surface area contributed by atoms with Crippen molar-refractivity contribution in [2.45, 2.75) is 45.1 Å². The molecule has 0 aliphatic carbocycles. The van der Waals surface area contributed by atoms with Crippen molar-refractivity contribution < 1.29 is 5.11 Å². The summed E-state index contributed by atoms with van der Waals surface area (Å²) in [6.45, 7) is 5.93. The van der Waals surface area contributed by atoms with Gasteiger partial charge in [-0.25, -0.2) is 0 Å². The molecule has 2 unspecified atom stereocenters. The summed E-state index contributed by atoms with van der Waals surface area (Å²) in [5.74, 6) is 0.592. The van der Waals surface area contributed by atoms with Gasteiger partial charge in [-0.2, -0.15) is 0 Å². The van der Waals surface area contributed by atoms with E-state index in [1.54, 1.807) is 0 Å². The Kier molecular flexibility index (Phi) is 7.01. The second-order valence-corrected chi connectivity index (χ2v) is 5.24. The maximum absolute atomic E-state index is 8.80.